The van der Waals surface area contributed by atoms with E-state index in [0.717, 1.165) is 76.1 Å². The molecule has 0 spiro atoms. The fraction of sp³-hybridized carbons (Fsp3) is 0.600. The number of hydrogen-bond acceptors (Lipinski definition) is 5. The molecule has 5 nitrogen and oxygen atoms in total. The summed E-state index contributed by atoms with van der Waals surface area (Å²) < 4.78 is 5.56. The second-order valence-electron chi connectivity index (χ2n) is 8.53. The molecule has 0 radical (unpaired) electrons. The second kappa shape index (κ2) is 9.88. The maximum atomic E-state index is 5.56. The molecule has 0 aliphatic carbocycles. The molecule has 1 aromatic heterocycles. The zero-order valence-electron chi connectivity index (χ0n) is 18.9. The average Bonchev–Trinajstić information content (AvgIpc) is 2.81. The first kappa shape index (κ1) is 21.3. The fourth-order valence-electron chi connectivity index (χ4n) is 4.76. The zero-order chi connectivity index (χ0) is 20.9. The summed E-state index contributed by atoms with van der Waals surface area (Å²) in [5.74, 6) is 2.07. The van der Waals surface area contributed by atoms with E-state index in [4.69, 9.17) is 14.7 Å². The van der Waals surface area contributed by atoms with Crippen LogP contribution in [0.1, 0.15) is 55.5 Å². The number of morpholine rings is 1. The van der Waals surface area contributed by atoms with Gasteiger partial charge in [0.1, 0.15) is 5.82 Å². The summed E-state index contributed by atoms with van der Waals surface area (Å²) in [5, 5.41) is 0. The van der Waals surface area contributed by atoms with E-state index < -0.39 is 0 Å². The molecule has 0 saturated carbocycles. The first-order valence-electron chi connectivity index (χ1n) is 11.7. The van der Waals surface area contributed by atoms with Gasteiger partial charge >= 0.3 is 0 Å². The molecule has 0 amide bonds. The van der Waals surface area contributed by atoms with E-state index in [-0.39, 0.29) is 0 Å². The van der Waals surface area contributed by atoms with Crippen LogP contribution in [-0.2, 0) is 24.1 Å². The van der Waals surface area contributed by atoms with Gasteiger partial charge in [-0.3, -0.25) is 4.90 Å². The van der Waals surface area contributed by atoms with Crippen LogP contribution < -0.4 is 4.90 Å². The highest BCUT2D eigenvalue weighted by atomic mass is 16.5. The van der Waals surface area contributed by atoms with Crippen LogP contribution in [0.4, 0.5) is 5.82 Å². The van der Waals surface area contributed by atoms with Crippen LogP contribution in [0.2, 0.25) is 0 Å². The second-order valence-corrected chi connectivity index (χ2v) is 8.53. The van der Waals surface area contributed by atoms with Gasteiger partial charge < -0.3 is 9.64 Å². The van der Waals surface area contributed by atoms with Gasteiger partial charge in [0.2, 0.25) is 0 Å². The van der Waals surface area contributed by atoms with E-state index in [1.807, 2.05) is 0 Å². The third-order valence-corrected chi connectivity index (χ3v) is 6.56. The Bertz CT molecular complexity index is 832. The Morgan fingerprint density at radius 1 is 0.900 bits per heavy atom. The van der Waals surface area contributed by atoms with Crippen molar-refractivity contribution in [1.82, 2.24) is 14.9 Å². The number of benzene rings is 1. The lowest BCUT2D eigenvalue weighted by atomic mass is 9.96. The lowest BCUT2D eigenvalue weighted by Crippen LogP contribution is -2.37. The molecule has 2 aromatic rings. The summed E-state index contributed by atoms with van der Waals surface area (Å²) in [5.41, 5.74) is 6.37. The summed E-state index contributed by atoms with van der Waals surface area (Å²) in [7, 11) is 0. The maximum Gasteiger partial charge on any atom is 0.162 e. The van der Waals surface area contributed by atoms with Crippen LogP contribution in [-0.4, -0.2) is 54.3 Å². The number of nitrogens with zero attached hydrogens (tertiary/aromatic N) is 4. The van der Waals surface area contributed by atoms with Gasteiger partial charge in [-0.1, -0.05) is 32.0 Å². The van der Waals surface area contributed by atoms with Crippen molar-refractivity contribution in [1.29, 1.82) is 0 Å². The number of piperidine rings is 1. The van der Waals surface area contributed by atoms with Crippen LogP contribution in [0.25, 0.3) is 11.4 Å². The van der Waals surface area contributed by atoms with Crippen molar-refractivity contribution in [3.05, 3.63) is 40.6 Å². The Kier molecular flexibility index (Phi) is 7.00. The minimum absolute atomic E-state index is 0.820. The first-order chi connectivity index (χ1) is 14.7. The minimum Gasteiger partial charge on any atom is -0.379 e. The summed E-state index contributed by atoms with van der Waals surface area (Å²) >= 11 is 0. The standard InChI is InChI=1S/C25H36N4O/c1-4-20-10-9-11-21(5-2)23(20)24-26-19(3)22(18-28-14-16-30-17-15-28)25(27-24)29-12-7-6-8-13-29/h9-11H,4-8,12-18H2,1-3H3. The van der Waals surface area contributed by atoms with Gasteiger partial charge in [0, 0.05) is 49.5 Å². The third kappa shape index (κ3) is 4.52. The largest absolute Gasteiger partial charge is 0.379 e. The van der Waals surface area contributed by atoms with Crippen LogP contribution in [0.15, 0.2) is 18.2 Å². The Morgan fingerprint density at radius 2 is 1.57 bits per heavy atom. The number of aromatic nitrogens is 2. The van der Waals surface area contributed by atoms with Crippen molar-refractivity contribution >= 4 is 5.82 Å². The Hall–Kier alpha value is -1.98. The van der Waals surface area contributed by atoms with Crippen molar-refractivity contribution in [3.63, 3.8) is 0 Å². The van der Waals surface area contributed by atoms with Gasteiger partial charge in [-0.15, -0.1) is 0 Å². The number of ether oxygens (including phenoxy) is 1. The molecule has 162 valence electrons. The summed E-state index contributed by atoms with van der Waals surface area (Å²) in [6.45, 7) is 13.4. The molecule has 2 fully saturated rings. The maximum absolute atomic E-state index is 5.56. The number of rotatable bonds is 6. The van der Waals surface area contributed by atoms with E-state index in [1.165, 1.54) is 41.5 Å². The predicted octanol–water partition coefficient (Wildman–Crippen LogP) is 4.40. The summed E-state index contributed by atoms with van der Waals surface area (Å²) in [6.07, 6.45) is 5.83. The minimum atomic E-state index is 0.820. The number of aryl methyl sites for hydroxylation is 3. The quantitative estimate of drug-likeness (QED) is 0.709. The van der Waals surface area contributed by atoms with Gasteiger partial charge in [-0.2, -0.15) is 0 Å². The van der Waals surface area contributed by atoms with Crippen LogP contribution in [0.5, 0.6) is 0 Å². The van der Waals surface area contributed by atoms with Gasteiger partial charge in [0.05, 0.1) is 13.2 Å². The monoisotopic (exact) mass is 408 g/mol. The molecular weight excluding hydrogens is 372 g/mol. The third-order valence-electron chi connectivity index (χ3n) is 6.56. The Labute approximate surface area is 181 Å². The fourth-order valence-corrected chi connectivity index (χ4v) is 4.76. The molecule has 30 heavy (non-hydrogen) atoms. The Morgan fingerprint density at radius 3 is 2.20 bits per heavy atom. The molecule has 0 atom stereocenters. The van der Waals surface area contributed by atoms with Gasteiger partial charge in [0.25, 0.3) is 0 Å². The van der Waals surface area contributed by atoms with Crippen LogP contribution in [0, 0.1) is 6.92 Å². The predicted molar refractivity (Wildman–Crippen MR) is 123 cm³/mol. The van der Waals surface area contributed by atoms with E-state index in [0.29, 0.717) is 0 Å². The number of hydrogen-bond donors (Lipinski definition) is 0. The molecule has 2 saturated heterocycles. The molecule has 0 bridgehead atoms. The van der Waals surface area contributed by atoms with Gasteiger partial charge in [0.15, 0.2) is 5.82 Å². The highest BCUT2D eigenvalue weighted by Gasteiger charge is 2.24. The number of anilines is 1. The van der Waals surface area contributed by atoms with E-state index in [2.05, 4.69) is 48.8 Å². The molecule has 4 rings (SSSR count). The van der Waals surface area contributed by atoms with Gasteiger partial charge in [-0.25, -0.2) is 9.97 Å². The molecule has 5 heteroatoms. The zero-order valence-corrected chi connectivity index (χ0v) is 18.9. The highest BCUT2D eigenvalue weighted by Crippen LogP contribution is 2.32. The molecule has 2 aliphatic heterocycles. The van der Waals surface area contributed by atoms with Crippen molar-refractivity contribution < 1.29 is 4.74 Å². The summed E-state index contributed by atoms with van der Waals surface area (Å²) in [4.78, 5) is 15.4. The highest BCUT2D eigenvalue weighted by molar-refractivity contribution is 5.68. The van der Waals surface area contributed by atoms with Crippen molar-refractivity contribution in [3.8, 4) is 11.4 Å². The smallest absolute Gasteiger partial charge is 0.162 e. The average molecular weight is 409 g/mol. The van der Waals surface area contributed by atoms with Crippen molar-refractivity contribution in [2.75, 3.05) is 44.3 Å². The molecule has 0 N–H and O–H groups in total. The molecular formula is C25H36N4O. The Balaban J connectivity index is 1.79. The van der Waals surface area contributed by atoms with Crippen LogP contribution >= 0.6 is 0 Å². The van der Waals surface area contributed by atoms with Crippen molar-refractivity contribution in [2.24, 2.45) is 0 Å². The van der Waals surface area contributed by atoms with Gasteiger partial charge in [-0.05, 0) is 50.2 Å². The van der Waals surface area contributed by atoms with E-state index >= 15 is 0 Å². The molecule has 3 heterocycles. The summed E-state index contributed by atoms with van der Waals surface area (Å²) in [6, 6.07) is 6.64. The van der Waals surface area contributed by atoms with Crippen molar-refractivity contribution in [2.45, 2.75) is 59.4 Å². The topological polar surface area (TPSA) is 41.5 Å². The molecule has 0 unspecified atom stereocenters. The SMILES string of the molecule is CCc1cccc(CC)c1-c1nc(C)c(CN2CCOCC2)c(N2CCCCC2)n1. The molecule has 1 aromatic carbocycles. The lowest BCUT2D eigenvalue weighted by Gasteiger charge is -2.33. The normalized spacial score (nSPS) is 18.0. The van der Waals surface area contributed by atoms with E-state index in [1.54, 1.807) is 0 Å². The first-order valence-corrected chi connectivity index (χ1v) is 11.7. The lowest BCUT2D eigenvalue weighted by molar-refractivity contribution is 0.0340. The van der Waals surface area contributed by atoms with E-state index in [9.17, 15) is 0 Å². The van der Waals surface area contributed by atoms with Crippen LogP contribution in [0.3, 0.4) is 0 Å². The molecule has 2 aliphatic rings.